The van der Waals surface area contributed by atoms with Crippen LogP contribution in [0.25, 0.3) is 0 Å². The Bertz CT molecular complexity index is 106. The van der Waals surface area contributed by atoms with Crippen LogP contribution >= 0.6 is 11.6 Å². The fourth-order valence-corrected chi connectivity index (χ4v) is 1.18. The summed E-state index contributed by atoms with van der Waals surface area (Å²) in [5, 5.41) is -0.361. The second-order valence-electron chi connectivity index (χ2n) is 2.80. The Morgan fingerprint density at radius 2 is 1.78 bits per heavy atom. The molecule has 0 N–H and O–H groups in total. The highest BCUT2D eigenvalue weighted by Crippen LogP contribution is 2.55. The van der Waals surface area contributed by atoms with Crippen LogP contribution in [0.15, 0.2) is 0 Å². The number of halogens is 1. The largest absolute Gasteiger partial charge is 0.282 e. The maximum absolute atomic E-state index is 9.21. The van der Waals surface area contributed by atoms with E-state index < -0.39 is 0 Å². The summed E-state index contributed by atoms with van der Waals surface area (Å²) in [5.41, 5.74) is 0. The average molecular weight is 147 g/mol. The van der Waals surface area contributed by atoms with Crippen molar-refractivity contribution in [2.24, 2.45) is 11.8 Å². The van der Waals surface area contributed by atoms with Gasteiger partial charge in [-0.25, -0.2) is 0 Å². The summed E-state index contributed by atoms with van der Waals surface area (Å²) in [6.45, 7) is 1.29. The van der Waals surface area contributed by atoms with Gasteiger partial charge in [0.25, 0.3) is 0 Å². The van der Waals surface area contributed by atoms with Gasteiger partial charge < -0.3 is 0 Å². The Labute approximate surface area is 60.4 Å². The van der Waals surface area contributed by atoms with E-state index in [-0.39, 0.29) is 5.24 Å². The van der Waals surface area contributed by atoms with Gasteiger partial charge in [-0.3, -0.25) is 4.79 Å². The number of carbonyl (C=O) groups is 1. The summed E-state index contributed by atoms with van der Waals surface area (Å²) in [4.78, 5) is 9.21. The fourth-order valence-electron chi connectivity index (χ4n) is 1.18. The van der Waals surface area contributed by atoms with Crippen molar-refractivity contribution < 1.29 is 4.79 Å². The predicted octanol–water partition coefficient (Wildman–Crippen LogP) is 2.19. The minimum atomic E-state index is -0.361. The molecule has 0 spiro atoms. The normalized spacial score (nSPS) is 34.9. The van der Waals surface area contributed by atoms with Gasteiger partial charge in [0.05, 0.1) is 0 Å². The molecule has 0 bridgehead atoms. The van der Waals surface area contributed by atoms with Gasteiger partial charge in [0.2, 0.25) is 5.24 Å². The lowest BCUT2D eigenvalue weighted by atomic mass is 10.0. The Hall–Kier alpha value is -0.0400. The van der Waals surface area contributed by atoms with Crippen molar-refractivity contribution in [2.75, 3.05) is 0 Å². The minimum Gasteiger partial charge on any atom is -0.282 e. The topological polar surface area (TPSA) is 17.1 Å². The van der Waals surface area contributed by atoms with Crippen LogP contribution in [0.5, 0.6) is 0 Å². The van der Waals surface area contributed by atoms with Gasteiger partial charge in [-0.1, -0.05) is 0 Å². The molecule has 9 heavy (non-hydrogen) atoms. The van der Waals surface area contributed by atoms with E-state index >= 15 is 0 Å². The van der Waals surface area contributed by atoms with E-state index in [2.05, 4.69) is 11.6 Å². The Morgan fingerprint density at radius 1 is 1.44 bits per heavy atom. The number of rotatable bonds is 0. The molecule has 2 unspecified atom stereocenters. The van der Waals surface area contributed by atoms with E-state index in [1.54, 1.807) is 19.3 Å². The van der Waals surface area contributed by atoms with Crippen LogP contribution < -0.4 is 0 Å². The van der Waals surface area contributed by atoms with Crippen molar-refractivity contribution in [1.82, 2.24) is 0 Å². The van der Waals surface area contributed by atoms with Crippen molar-refractivity contribution in [3.8, 4) is 0 Å². The van der Waals surface area contributed by atoms with Crippen LogP contribution in [0.1, 0.15) is 26.2 Å². The molecule has 52 valence electrons. The quantitative estimate of drug-likeness (QED) is 0.479. The molecule has 0 saturated heterocycles. The minimum absolute atomic E-state index is 0.361. The maximum Gasteiger partial charge on any atom is 0.218 e. The molecule has 2 atom stereocenters. The summed E-state index contributed by atoms with van der Waals surface area (Å²) in [6, 6.07) is 0. The molecule has 0 aromatic carbocycles. The summed E-state index contributed by atoms with van der Waals surface area (Å²) < 4.78 is 0. The third kappa shape index (κ3) is 2.35. The average Bonchev–Trinajstić information content (AvgIpc) is 2.10. The lowest BCUT2D eigenvalue weighted by molar-refractivity contribution is -0.109. The zero-order valence-corrected chi connectivity index (χ0v) is 6.32. The fraction of sp³-hybridized carbons (Fsp3) is 0.857. The predicted molar refractivity (Wildman–Crippen MR) is 37.4 cm³/mol. The smallest absolute Gasteiger partial charge is 0.218 e. The lowest BCUT2D eigenvalue weighted by Gasteiger charge is -2.04. The van der Waals surface area contributed by atoms with Crippen molar-refractivity contribution in [3.63, 3.8) is 0 Å². The highest BCUT2D eigenvalue weighted by Gasteiger charge is 2.44. The molecule has 0 radical (unpaired) electrons. The molecule has 0 aliphatic heterocycles. The van der Waals surface area contributed by atoms with Crippen molar-refractivity contribution >= 4 is 16.8 Å². The van der Waals surface area contributed by atoms with E-state index in [1.807, 2.05) is 0 Å². The molecule has 0 amide bonds. The summed E-state index contributed by atoms with van der Waals surface area (Å²) in [7, 11) is 0. The molecule has 1 nitrogen and oxygen atoms in total. The number of hydrogen-bond donors (Lipinski definition) is 0. The van der Waals surface area contributed by atoms with E-state index in [0.29, 0.717) is 0 Å². The molecule has 2 aliphatic rings. The first kappa shape index (κ1) is 7.07. The third-order valence-electron chi connectivity index (χ3n) is 1.98. The number of hydrogen-bond acceptors (Lipinski definition) is 1. The Morgan fingerprint density at radius 3 is 1.78 bits per heavy atom. The molecule has 0 heterocycles. The molecule has 0 aromatic rings. The molecule has 2 saturated carbocycles. The zero-order valence-electron chi connectivity index (χ0n) is 5.56. The standard InChI is InChI=1S/C5H8.C2H3ClO/c1-2-5-3-4(1)5;1-2(3)4/h4-5H,1-3H2;1H3. The van der Waals surface area contributed by atoms with E-state index in [1.165, 1.54) is 18.8 Å². The van der Waals surface area contributed by atoms with Crippen LogP contribution in [0.2, 0.25) is 0 Å². The lowest BCUT2D eigenvalue weighted by Crippen LogP contribution is -1.93. The van der Waals surface area contributed by atoms with Crippen molar-refractivity contribution in [2.45, 2.75) is 26.2 Å². The SMILES string of the molecule is C1CC2CC12.CC(=O)Cl. The van der Waals surface area contributed by atoms with Crippen molar-refractivity contribution in [3.05, 3.63) is 0 Å². The first-order valence-electron chi connectivity index (χ1n) is 3.36. The Kier molecular flexibility index (Phi) is 2.12. The van der Waals surface area contributed by atoms with E-state index in [0.717, 1.165) is 0 Å². The van der Waals surface area contributed by atoms with Crippen LogP contribution in [0.4, 0.5) is 0 Å². The second kappa shape index (κ2) is 2.70. The van der Waals surface area contributed by atoms with Gasteiger partial charge in [-0.05, 0) is 42.7 Å². The van der Waals surface area contributed by atoms with Crippen LogP contribution in [-0.4, -0.2) is 5.24 Å². The van der Waals surface area contributed by atoms with Gasteiger partial charge in [0, 0.05) is 6.92 Å². The molecular weight excluding hydrogens is 136 g/mol. The summed E-state index contributed by atoms with van der Waals surface area (Å²) in [6.07, 6.45) is 4.70. The summed E-state index contributed by atoms with van der Waals surface area (Å²) >= 11 is 4.64. The highest BCUT2D eigenvalue weighted by atomic mass is 35.5. The van der Waals surface area contributed by atoms with Gasteiger partial charge >= 0.3 is 0 Å². The van der Waals surface area contributed by atoms with E-state index in [9.17, 15) is 4.79 Å². The first-order chi connectivity index (χ1) is 4.20. The van der Waals surface area contributed by atoms with Gasteiger partial charge in [0.15, 0.2) is 0 Å². The van der Waals surface area contributed by atoms with Gasteiger partial charge in [-0.2, -0.15) is 0 Å². The van der Waals surface area contributed by atoms with Crippen LogP contribution in [0, 0.1) is 11.8 Å². The van der Waals surface area contributed by atoms with Crippen LogP contribution in [0.3, 0.4) is 0 Å². The molecule has 2 heteroatoms. The third-order valence-corrected chi connectivity index (χ3v) is 1.98. The van der Waals surface area contributed by atoms with Gasteiger partial charge in [0.1, 0.15) is 0 Å². The summed E-state index contributed by atoms with van der Waals surface area (Å²) in [5.74, 6) is 2.46. The van der Waals surface area contributed by atoms with Crippen molar-refractivity contribution in [1.29, 1.82) is 0 Å². The monoisotopic (exact) mass is 146 g/mol. The Balaban J connectivity index is 0.0000000945. The van der Waals surface area contributed by atoms with Gasteiger partial charge in [-0.15, -0.1) is 0 Å². The van der Waals surface area contributed by atoms with Crippen LogP contribution in [-0.2, 0) is 4.79 Å². The molecular formula is C7H11ClO. The molecule has 0 aromatic heterocycles. The first-order valence-corrected chi connectivity index (χ1v) is 3.74. The highest BCUT2D eigenvalue weighted by molar-refractivity contribution is 6.62. The second-order valence-corrected chi connectivity index (χ2v) is 3.34. The number of carbonyl (C=O) groups excluding carboxylic acids is 1. The number of fused-ring (bicyclic) bond motifs is 1. The molecule has 2 rings (SSSR count). The molecule has 2 fully saturated rings. The maximum atomic E-state index is 9.21. The van der Waals surface area contributed by atoms with E-state index in [4.69, 9.17) is 0 Å². The zero-order chi connectivity index (χ0) is 6.85. The molecule has 2 aliphatic carbocycles.